The molecule has 2 amide bonds. The second-order valence-corrected chi connectivity index (χ2v) is 4.57. The molecule has 0 fully saturated rings. The highest BCUT2D eigenvalue weighted by molar-refractivity contribution is 5.90. The summed E-state index contributed by atoms with van der Waals surface area (Å²) in [5.74, 6) is 0.396. The Morgan fingerprint density at radius 3 is 2.62 bits per heavy atom. The average Bonchev–Trinajstić information content (AvgIpc) is 2.39. The van der Waals surface area contributed by atoms with E-state index < -0.39 is 24.9 Å². The van der Waals surface area contributed by atoms with Crippen molar-refractivity contribution < 1.29 is 27.8 Å². The van der Waals surface area contributed by atoms with Crippen LogP contribution in [-0.4, -0.2) is 49.0 Å². The van der Waals surface area contributed by atoms with Gasteiger partial charge in [-0.15, -0.1) is 0 Å². The van der Waals surface area contributed by atoms with E-state index in [1.807, 2.05) is 6.92 Å². The molecule has 0 bridgehead atoms. The van der Waals surface area contributed by atoms with E-state index in [2.05, 4.69) is 5.32 Å². The van der Waals surface area contributed by atoms with E-state index >= 15 is 0 Å². The number of nitrogens with one attached hydrogen (secondary N) is 1. The molecule has 0 aliphatic carbocycles. The smallest absolute Gasteiger partial charge is 0.416 e. The number of anilines is 1. The largest absolute Gasteiger partial charge is 0.495 e. The molecule has 1 aromatic carbocycles. The molecule has 0 aromatic heterocycles. The molecule has 0 saturated carbocycles. The fourth-order valence-corrected chi connectivity index (χ4v) is 1.56. The van der Waals surface area contributed by atoms with Gasteiger partial charge in [0.15, 0.2) is 6.10 Å². The van der Waals surface area contributed by atoms with Gasteiger partial charge >= 0.3 is 12.2 Å². The zero-order chi connectivity index (χ0) is 16.2. The van der Waals surface area contributed by atoms with E-state index in [4.69, 9.17) is 9.84 Å². The molecule has 2 N–H and O–H groups in total. The van der Waals surface area contributed by atoms with Gasteiger partial charge in [0.2, 0.25) is 0 Å². The van der Waals surface area contributed by atoms with Crippen molar-refractivity contribution in [2.24, 2.45) is 0 Å². The summed E-state index contributed by atoms with van der Waals surface area (Å²) in [5.41, 5.74) is 1.24. The zero-order valence-electron chi connectivity index (χ0n) is 11.9. The third kappa shape index (κ3) is 4.82. The number of methoxy groups -OCH3 is 1. The molecule has 118 valence electrons. The molecular formula is C13H17F3N2O3. The van der Waals surface area contributed by atoms with E-state index in [-0.39, 0.29) is 0 Å². The Hall–Kier alpha value is -1.96. The summed E-state index contributed by atoms with van der Waals surface area (Å²) >= 11 is 0. The van der Waals surface area contributed by atoms with Crippen LogP contribution in [0.5, 0.6) is 5.75 Å². The Morgan fingerprint density at radius 2 is 2.10 bits per heavy atom. The highest BCUT2D eigenvalue weighted by Crippen LogP contribution is 2.26. The molecule has 0 aliphatic heterocycles. The number of aliphatic hydroxyl groups is 1. The molecular weight excluding hydrogens is 289 g/mol. The summed E-state index contributed by atoms with van der Waals surface area (Å²) in [4.78, 5) is 12.6. The predicted octanol–water partition coefficient (Wildman–Crippen LogP) is 2.39. The molecule has 0 aliphatic rings. The van der Waals surface area contributed by atoms with Crippen molar-refractivity contribution in [3.8, 4) is 5.75 Å². The molecule has 8 heteroatoms. The number of carbonyl (C=O) groups is 1. The molecule has 0 saturated heterocycles. The Balaban J connectivity index is 2.73. The molecule has 0 radical (unpaired) electrons. The number of carbonyl (C=O) groups excluding carboxylic acids is 1. The fraction of sp³-hybridized carbons (Fsp3) is 0.462. The number of rotatable bonds is 4. The number of likely N-dealkylation sites (N-methyl/N-ethyl adjacent to an activating group) is 1. The highest BCUT2D eigenvalue weighted by atomic mass is 19.4. The monoisotopic (exact) mass is 306 g/mol. The molecule has 0 heterocycles. The number of alkyl halides is 3. The van der Waals surface area contributed by atoms with Gasteiger partial charge in [0.05, 0.1) is 19.3 Å². The van der Waals surface area contributed by atoms with E-state index in [0.29, 0.717) is 11.4 Å². The minimum absolute atomic E-state index is 0.335. The van der Waals surface area contributed by atoms with Crippen LogP contribution in [0.3, 0.4) is 0 Å². The summed E-state index contributed by atoms with van der Waals surface area (Å²) in [6, 6.07) is 4.21. The lowest BCUT2D eigenvalue weighted by atomic mass is 10.2. The van der Waals surface area contributed by atoms with Crippen LogP contribution in [0.4, 0.5) is 23.7 Å². The number of hydrogen-bond acceptors (Lipinski definition) is 3. The number of aliphatic hydroxyl groups excluding tert-OH is 1. The summed E-state index contributed by atoms with van der Waals surface area (Å²) < 4.78 is 41.8. The SMILES string of the molecule is COc1cc(C)ccc1NC(=O)N(C)CC(O)C(F)(F)F. The van der Waals surface area contributed by atoms with E-state index in [1.165, 1.54) is 7.11 Å². The summed E-state index contributed by atoms with van der Waals surface area (Å²) in [7, 11) is 2.58. The lowest BCUT2D eigenvalue weighted by molar-refractivity contribution is -0.205. The van der Waals surface area contributed by atoms with Gasteiger partial charge in [-0.1, -0.05) is 6.07 Å². The van der Waals surface area contributed by atoms with Crippen molar-refractivity contribution in [3.05, 3.63) is 23.8 Å². The van der Waals surface area contributed by atoms with Crippen molar-refractivity contribution in [1.82, 2.24) is 4.90 Å². The third-order valence-electron chi connectivity index (χ3n) is 2.77. The molecule has 1 atom stereocenters. The molecule has 1 unspecified atom stereocenters. The molecule has 0 spiro atoms. The normalized spacial score (nSPS) is 12.7. The third-order valence-corrected chi connectivity index (χ3v) is 2.77. The number of halogens is 3. The standard InChI is InChI=1S/C13H17F3N2O3/c1-8-4-5-9(10(6-8)21-3)17-12(20)18(2)7-11(19)13(14,15)16/h4-6,11,19H,7H2,1-3H3,(H,17,20). The van der Waals surface area contributed by atoms with Gasteiger partial charge in [-0.2, -0.15) is 13.2 Å². The summed E-state index contributed by atoms with van der Waals surface area (Å²) in [6.45, 7) is 0.976. The molecule has 5 nitrogen and oxygen atoms in total. The van der Waals surface area contributed by atoms with Crippen LogP contribution in [0.1, 0.15) is 5.56 Å². The Morgan fingerprint density at radius 1 is 1.48 bits per heavy atom. The topological polar surface area (TPSA) is 61.8 Å². The number of benzene rings is 1. The number of aryl methyl sites for hydroxylation is 1. The maximum Gasteiger partial charge on any atom is 0.416 e. The molecule has 1 aromatic rings. The predicted molar refractivity (Wildman–Crippen MR) is 71.4 cm³/mol. The Kier molecular flexibility index (Phi) is 5.42. The van der Waals surface area contributed by atoms with Crippen LogP contribution in [-0.2, 0) is 0 Å². The highest BCUT2D eigenvalue weighted by Gasteiger charge is 2.39. The van der Waals surface area contributed by atoms with Crippen LogP contribution in [0, 0.1) is 6.92 Å². The quantitative estimate of drug-likeness (QED) is 0.898. The maximum atomic E-state index is 12.2. The van der Waals surface area contributed by atoms with Crippen molar-refractivity contribution in [2.75, 3.05) is 26.0 Å². The van der Waals surface area contributed by atoms with Gasteiger partial charge in [0.25, 0.3) is 0 Å². The van der Waals surface area contributed by atoms with Crippen molar-refractivity contribution >= 4 is 11.7 Å². The first-order chi connectivity index (χ1) is 9.65. The average molecular weight is 306 g/mol. The maximum absolute atomic E-state index is 12.2. The zero-order valence-corrected chi connectivity index (χ0v) is 11.9. The Bertz CT molecular complexity index is 506. The number of nitrogens with zero attached hydrogens (tertiary/aromatic N) is 1. The lowest BCUT2D eigenvalue weighted by Crippen LogP contribution is -2.43. The van der Waals surface area contributed by atoms with Gasteiger partial charge < -0.3 is 20.1 Å². The van der Waals surface area contributed by atoms with Gasteiger partial charge in [-0.05, 0) is 24.6 Å². The molecule has 1 rings (SSSR count). The van der Waals surface area contributed by atoms with Crippen LogP contribution < -0.4 is 10.1 Å². The first-order valence-corrected chi connectivity index (χ1v) is 6.06. The van der Waals surface area contributed by atoms with Gasteiger partial charge in [-0.3, -0.25) is 0 Å². The second-order valence-electron chi connectivity index (χ2n) is 4.57. The first-order valence-electron chi connectivity index (χ1n) is 6.06. The van der Waals surface area contributed by atoms with Crippen LogP contribution >= 0.6 is 0 Å². The van der Waals surface area contributed by atoms with Gasteiger partial charge in [0.1, 0.15) is 5.75 Å². The number of ether oxygens (including phenoxy) is 1. The first kappa shape index (κ1) is 17.1. The number of amides is 2. The van der Waals surface area contributed by atoms with E-state index in [0.717, 1.165) is 17.5 Å². The van der Waals surface area contributed by atoms with Crippen molar-refractivity contribution in [1.29, 1.82) is 0 Å². The van der Waals surface area contributed by atoms with E-state index in [1.54, 1.807) is 18.2 Å². The van der Waals surface area contributed by atoms with Crippen LogP contribution in [0.15, 0.2) is 18.2 Å². The summed E-state index contributed by atoms with van der Waals surface area (Å²) in [6.07, 6.45) is -7.36. The minimum Gasteiger partial charge on any atom is -0.495 e. The van der Waals surface area contributed by atoms with Crippen molar-refractivity contribution in [3.63, 3.8) is 0 Å². The fourth-order valence-electron chi connectivity index (χ4n) is 1.56. The number of hydrogen-bond donors (Lipinski definition) is 2. The van der Waals surface area contributed by atoms with Crippen LogP contribution in [0.2, 0.25) is 0 Å². The second kappa shape index (κ2) is 6.66. The number of urea groups is 1. The van der Waals surface area contributed by atoms with E-state index in [9.17, 15) is 18.0 Å². The minimum atomic E-state index is -4.77. The van der Waals surface area contributed by atoms with Crippen molar-refractivity contribution in [2.45, 2.75) is 19.2 Å². The summed E-state index contributed by atoms with van der Waals surface area (Å²) in [5, 5.41) is 11.4. The van der Waals surface area contributed by atoms with Gasteiger partial charge in [-0.25, -0.2) is 4.79 Å². The Labute approximate surface area is 120 Å². The van der Waals surface area contributed by atoms with Crippen LogP contribution in [0.25, 0.3) is 0 Å². The lowest BCUT2D eigenvalue weighted by Gasteiger charge is -2.23. The molecule has 21 heavy (non-hydrogen) atoms. The van der Waals surface area contributed by atoms with Gasteiger partial charge in [0, 0.05) is 7.05 Å².